The van der Waals surface area contributed by atoms with E-state index in [9.17, 15) is 0 Å². The zero-order valence-electron chi connectivity index (χ0n) is 8.77. The standard InChI is InChI=1S/C9H17N5/c1-7-11-9(13(2)12-7)6-14-4-3-8(14)5-10/h8H,3-6,10H2,1-2H3. The van der Waals surface area contributed by atoms with Gasteiger partial charge in [-0.05, 0) is 13.3 Å². The third-order valence-corrected chi connectivity index (χ3v) is 2.84. The van der Waals surface area contributed by atoms with E-state index in [0.29, 0.717) is 6.04 Å². The topological polar surface area (TPSA) is 60.0 Å². The van der Waals surface area contributed by atoms with Crippen molar-refractivity contribution in [2.75, 3.05) is 13.1 Å². The van der Waals surface area contributed by atoms with Gasteiger partial charge in [-0.25, -0.2) is 4.98 Å². The Hall–Kier alpha value is -0.940. The molecule has 1 aliphatic heterocycles. The van der Waals surface area contributed by atoms with Crippen LogP contribution in [0, 0.1) is 6.92 Å². The number of nitrogens with two attached hydrogens (primary N) is 1. The Kier molecular flexibility index (Phi) is 2.52. The fourth-order valence-electron chi connectivity index (χ4n) is 1.84. The number of aromatic nitrogens is 3. The maximum atomic E-state index is 5.64. The van der Waals surface area contributed by atoms with Gasteiger partial charge in [-0.15, -0.1) is 0 Å². The average Bonchev–Trinajstić information content (AvgIpc) is 2.40. The molecule has 0 amide bonds. The van der Waals surface area contributed by atoms with Crippen LogP contribution in [-0.2, 0) is 13.6 Å². The van der Waals surface area contributed by atoms with Crippen LogP contribution in [0.15, 0.2) is 0 Å². The van der Waals surface area contributed by atoms with Gasteiger partial charge in [-0.3, -0.25) is 9.58 Å². The van der Waals surface area contributed by atoms with E-state index < -0.39 is 0 Å². The van der Waals surface area contributed by atoms with Crippen molar-refractivity contribution in [2.24, 2.45) is 12.8 Å². The Morgan fingerprint density at radius 1 is 1.57 bits per heavy atom. The molecule has 1 aromatic heterocycles. The van der Waals surface area contributed by atoms with E-state index in [1.807, 2.05) is 18.7 Å². The molecule has 0 radical (unpaired) electrons. The van der Waals surface area contributed by atoms with Gasteiger partial charge >= 0.3 is 0 Å². The quantitative estimate of drug-likeness (QED) is 0.716. The lowest BCUT2D eigenvalue weighted by atomic mass is 10.0. The molecule has 78 valence electrons. The highest BCUT2D eigenvalue weighted by Crippen LogP contribution is 2.18. The summed E-state index contributed by atoms with van der Waals surface area (Å²) in [6.45, 7) is 4.67. The molecule has 1 aromatic rings. The van der Waals surface area contributed by atoms with Gasteiger partial charge < -0.3 is 5.73 Å². The second-order valence-corrected chi connectivity index (χ2v) is 3.85. The molecule has 1 atom stereocenters. The average molecular weight is 195 g/mol. The van der Waals surface area contributed by atoms with Crippen molar-refractivity contribution in [3.8, 4) is 0 Å². The molecular weight excluding hydrogens is 178 g/mol. The summed E-state index contributed by atoms with van der Waals surface area (Å²) >= 11 is 0. The maximum Gasteiger partial charge on any atom is 0.147 e. The van der Waals surface area contributed by atoms with E-state index in [-0.39, 0.29) is 0 Å². The van der Waals surface area contributed by atoms with E-state index in [1.54, 1.807) is 0 Å². The van der Waals surface area contributed by atoms with Crippen molar-refractivity contribution >= 4 is 0 Å². The van der Waals surface area contributed by atoms with Crippen LogP contribution in [-0.4, -0.2) is 38.8 Å². The normalized spacial score (nSPS) is 22.4. The van der Waals surface area contributed by atoms with Crippen LogP contribution in [0.1, 0.15) is 18.1 Å². The Morgan fingerprint density at radius 3 is 2.79 bits per heavy atom. The van der Waals surface area contributed by atoms with Crippen molar-refractivity contribution in [2.45, 2.75) is 25.9 Å². The number of hydrogen-bond acceptors (Lipinski definition) is 4. The SMILES string of the molecule is Cc1nc(CN2CCC2CN)n(C)n1. The minimum atomic E-state index is 0.548. The van der Waals surface area contributed by atoms with Gasteiger partial charge in [0.2, 0.25) is 0 Å². The van der Waals surface area contributed by atoms with Crippen LogP contribution in [0.3, 0.4) is 0 Å². The molecule has 1 unspecified atom stereocenters. The van der Waals surface area contributed by atoms with Crippen LogP contribution in [0.2, 0.25) is 0 Å². The van der Waals surface area contributed by atoms with Crippen LogP contribution in [0.4, 0.5) is 0 Å². The molecule has 0 bridgehead atoms. The second kappa shape index (κ2) is 3.67. The van der Waals surface area contributed by atoms with Gasteiger partial charge in [-0.2, -0.15) is 5.10 Å². The van der Waals surface area contributed by atoms with Gasteiger partial charge in [0, 0.05) is 26.2 Å². The predicted octanol–water partition coefficient (Wildman–Crippen LogP) is -0.343. The van der Waals surface area contributed by atoms with Crippen LogP contribution in [0.5, 0.6) is 0 Å². The molecule has 2 N–H and O–H groups in total. The molecule has 2 rings (SSSR count). The molecular formula is C9H17N5. The molecule has 0 aromatic carbocycles. The summed E-state index contributed by atoms with van der Waals surface area (Å²) in [5.41, 5.74) is 5.64. The van der Waals surface area contributed by atoms with Crippen molar-refractivity contribution in [1.29, 1.82) is 0 Å². The van der Waals surface area contributed by atoms with E-state index in [0.717, 1.165) is 31.3 Å². The Bertz CT molecular complexity index is 317. The summed E-state index contributed by atoms with van der Waals surface area (Å²) in [6.07, 6.45) is 1.22. The highest BCUT2D eigenvalue weighted by Gasteiger charge is 2.27. The summed E-state index contributed by atoms with van der Waals surface area (Å²) in [7, 11) is 1.94. The molecule has 1 aliphatic rings. The van der Waals surface area contributed by atoms with Gasteiger partial charge in [0.05, 0.1) is 6.54 Å². The lowest BCUT2D eigenvalue weighted by Crippen LogP contribution is -2.51. The van der Waals surface area contributed by atoms with E-state index >= 15 is 0 Å². The van der Waals surface area contributed by atoms with Gasteiger partial charge in [-0.1, -0.05) is 0 Å². The zero-order valence-corrected chi connectivity index (χ0v) is 8.77. The first-order valence-electron chi connectivity index (χ1n) is 5.01. The van der Waals surface area contributed by atoms with Crippen molar-refractivity contribution < 1.29 is 0 Å². The van der Waals surface area contributed by atoms with E-state index in [1.165, 1.54) is 6.42 Å². The number of hydrogen-bond donors (Lipinski definition) is 1. The first kappa shape index (κ1) is 9.61. The summed E-state index contributed by atoms with van der Waals surface area (Å²) in [5, 5.41) is 4.22. The van der Waals surface area contributed by atoms with Gasteiger partial charge in [0.15, 0.2) is 0 Å². The summed E-state index contributed by atoms with van der Waals surface area (Å²) in [5.74, 6) is 1.87. The largest absolute Gasteiger partial charge is 0.329 e. The summed E-state index contributed by atoms with van der Waals surface area (Å²) in [4.78, 5) is 6.72. The molecule has 0 aliphatic carbocycles. The zero-order chi connectivity index (χ0) is 10.1. The maximum absolute atomic E-state index is 5.64. The van der Waals surface area contributed by atoms with Gasteiger partial charge in [0.1, 0.15) is 11.6 Å². The molecule has 5 nitrogen and oxygen atoms in total. The number of aryl methyl sites for hydroxylation is 2. The second-order valence-electron chi connectivity index (χ2n) is 3.85. The molecule has 2 heterocycles. The minimum absolute atomic E-state index is 0.548. The van der Waals surface area contributed by atoms with Crippen molar-refractivity contribution in [3.05, 3.63) is 11.6 Å². The number of rotatable bonds is 3. The molecule has 14 heavy (non-hydrogen) atoms. The first-order valence-corrected chi connectivity index (χ1v) is 5.01. The highest BCUT2D eigenvalue weighted by molar-refractivity contribution is 4.94. The molecule has 0 saturated carbocycles. The number of nitrogens with zero attached hydrogens (tertiary/aromatic N) is 4. The van der Waals surface area contributed by atoms with Crippen molar-refractivity contribution in [3.63, 3.8) is 0 Å². The third kappa shape index (κ3) is 1.65. The lowest BCUT2D eigenvalue weighted by Gasteiger charge is -2.39. The van der Waals surface area contributed by atoms with Crippen LogP contribution < -0.4 is 5.73 Å². The monoisotopic (exact) mass is 195 g/mol. The fourth-order valence-corrected chi connectivity index (χ4v) is 1.84. The molecule has 1 fully saturated rings. The summed E-state index contributed by atoms with van der Waals surface area (Å²) in [6, 6.07) is 0.548. The highest BCUT2D eigenvalue weighted by atomic mass is 15.4. The molecule has 5 heteroatoms. The Labute approximate surface area is 83.9 Å². The fraction of sp³-hybridized carbons (Fsp3) is 0.778. The van der Waals surface area contributed by atoms with Gasteiger partial charge in [0.25, 0.3) is 0 Å². The summed E-state index contributed by atoms with van der Waals surface area (Å²) < 4.78 is 1.85. The Morgan fingerprint density at radius 2 is 2.36 bits per heavy atom. The van der Waals surface area contributed by atoms with Crippen LogP contribution in [0.25, 0.3) is 0 Å². The minimum Gasteiger partial charge on any atom is -0.329 e. The van der Waals surface area contributed by atoms with Crippen molar-refractivity contribution in [1.82, 2.24) is 19.7 Å². The van der Waals surface area contributed by atoms with E-state index in [2.05, 4.69) is 15.0 Å². The number of likely N-dealkylation sites (tertiary alicyclic amines) is 1. The van der Waals surface area contributed by atoms with Crippen LogP contribution >= 0.6 is 0 Å². The lowest BCUT2D eigenvalue weighted by molar-refractivity contribution is 0.0837. The molecule has 1 saturated heterocycles. The third-order valence-electron chi connectivity index (χ3n) is 2.84. The predicted molar refractivity (Wildman–Crippen MR) is 53.6 cm³/mol. The Balaban J connectivity index is 2.00. The molecule has 0 spiro atoms. The van der Waals surface area contributed by atoms with E-state index in [4.69, 9.17) is 5.73 Å². The smallest absolute Gasteiger partial charge is 0.147 e. The first-order chi connectivity index (χ1) is 6.70.